The SMILES string of the molecule is Cc1cc(C)n2nc(SCC(=O)Nc3ccc(C#N)cc3)nc2n1. The van der Waals surface area contributed by atoms with Crippen LogP contribution in [0, 0.1) is 25.2 Å². The Morgan fingerprint density at radius 3 is 2.75 bits per heavy atom. The number of hydrogen-bond acceptors (Lipinski definition) is 6. The number of anilines is 1. The van der Waals surface area contributed by atoms with Crippen molar-refractivity contribution in [3.05, 3.63) is 47.3 Å². The van der Waals surface area contributed by atoms with Crippen molar-refractivity contribution in [3.8, 4) is 6.07 Å². The summed E-state index contributed by atoms with van der Waals surface area (Å²) in [5.74, 6) is 0.557. The minimum absolute atomic E-state index is 0.163. The maximum absolute atomic E-state index is 12.0. The molecule has 120 valence electrons. The van der Waals surface area contributed by atoms with Gasteiger partial charge in [-0.05, 0) is 44.2 Å². The summed E-state index contributed by atoms with van der Waals surface area (Å²) in [5, 5.41) is 16.4. The molecule has 0 unspecified atom stereocenters. The Morgan fingerprint density at radius 2 is 2.04 bits per heavy atom. The molecule has 2 heterocycles. The van der Waals surface area contributed by atoms with E-state index in [2.05, 4.69) is 20.4 Å². The van der Waals surface area contributed by atoms with Crippen molar-refractivity contribution in [2.24, 2.45) is 0 Å². The van der Waals surface area contributed by atoms with Crippen LogP contribution in [0.4, 0.5) is 5.69 Å². The Bertz CT molecular complexity index is 942. The number of aryl methyl sites for hydroxylation is 2. The Hall–Kier alpha value is -2.92. The van der Waals surface area contributed by atoms with E-state index in [9.17, 15) is 4.79 Å². The first-order chi connectivity index (χ1) is 11.5. The van der Waals surface area contributed by atoms with Gasteiger partial charge in [0.2, 0.25) is 11.1 Å². The summed E-state index contributed by atoms with van der Waals surface area (Å²) in [6.07, 6.45) is 0. The summed E-state index contributed by atoms with van der Waals surface area (Å²) >= 11 is 1.25. The molecule has 0 spiro atoms. The molecule has 0 radical (unpaired) electrons. The van der Waals surface area contributed by atoms with E-state index in [-0.39, 0.29) is 11.7 Å². The summed E-state index contributed by atoms with van der Waals surface area (Å²) < 4.78 is 1.66. The zero-order valence-electron chi connectivity index (χ0n) is 13.1. The van der Waals surface area contributed by atoms with E-state index in [4.69, 9.17) is 5.26 Å². The zero-order chi connectivity index (χ0) is 17.1. The first-order valence-electron chi connectivity index (χ1n) is 7.19. The highest BCUT2D eigenvalue weighted by Crippen LogP contribution is 2.16. The van der Waals surface area contributed by atoms with Crippen LogP contribution in [0.25, 0.3) is 5.78 Å². The molecule has 0 saturated heterocycles. The summed E-state index contributed by atoms with van der Waals surface area (Å²) in [5.41, 5.74) is 3.02. The lowest BCUT2D eigenvalue weighted by Crippen LogP contribution is -2.14. The number of hydrogen-bond donors (Lipinski definition) is 1. The van der Waals surface area contributed by atoms with Crippen LogP contribution in [0.15, 0.2) is 35.5 Å². The molecule has 1 N–H and O–H groups in total. The fourth-order valence-electron chi connectivity index (χ4n) is 2.16. The van der Waals surface area contributed by atoms with Crippen LogP contribution >= 0.6 is 11.8 Å². The van der Waals surface area contributed by atoms with E-state index < -0.39 is 0 Å². The quantitative estimate of drug-likeness (QED) is 0.734. The molecule has 3 aromatic rings. The van der Waals surface area contributed by atoms with Crippen molar-refractivity contribution < 1.29 is 4.79 Å². The monoisotopic (exact) mass is 338 g/mol. The number of benzene rings is 1. The molecular weight excluding hydrogens is 324 g/mol. The molecular formula is C16H14N6OS. The van der Waals surface area contributed by atoms with Crippen LogP contribution in [0.2, 0.25) is 0 Å². The molecule has 3 rings (SSSR count). The minimum Gasteiger partial charge on any atom is -0.325 e. The zero-order valence-corrected chi connectivity index (χ0v) is 14.0. The van der Waals surface area contributed by atoms with Gasteiger partial charge in [-0.25, -0.2) is 9.50 Å². The van der Waals surface area contributed by atoms with Gasteiger partial charge in [0.05, 0.1) is 17.4 Å². The molecule has 0 fully saturated rings. The van der Waals surface area contributed by atoms with Gasteiger partial charge in [0.15, 0.2) is 0 Å². The van der Waals surface area contributed by atoms with Gasteiger partial charge < -0.3 is 5.32 Å². The van der Waals surface area contributed by atoms with Crippen molar-refractivity contribution in [1.29, 1.82) is 5.26 Å². The van der Waals surface area contributed by atoms with E-state index in [0.717, 1.165) is 11.4 Å². The number of nitrogens with zero attached hydrogens (tertiary/aromatic N) is 5. The van der Waals surface area contributed by atoms with Crippen LogP contribution < -0.4 is 5.32 Å². The number of rotatable bonds is 4. The van der Waals surface area contributed by atoms with E-state index >= 15 is 0 Å². The highest BCUT2D eigenvalue weighted by atomic mass is 32.2. The molecule has 1 aromatic carbocycles. The van der Waals surface area contributed by atoms with Gasteiger partial charge >= 0.3 is 0 Å². The van der Waals surface area contributed by atoms with Crippen LogP contribution in [-0.2, 0) is 4.79 Å². The van der Waals surface area contributed by atoms with Gasteiger partial charge in [0.1, 0.15) is 0 Å². The van der Waals surface area contributed by atoms with Crippen molar-refractivity contribution >= 4 is 29.1 Å². The molecule has 1 amide bonds. The maximum atomic E-state index is 12.0. The molecule has 2 aromatic heterocycles. The van der Waals surface area contributed by atoms with Crippen LogP contribution in [0.1, 0.15) is 17.0 Å². The topological polar surface area (TPSA) is 96.0 Å². The molecule has 0 aliphatic heterocycles. The molecule has 7 nitrogen and oxygen atoms in total. The van der Waals surface area contributed by atoms with Gasteiger partial charge in [-0.15, -0.1) is 5.10 Å². The lowest BCUT2D eigenvalue weighted by molar-refractivity contribution is -0.113. The number of amides is 1. The molecule has 0 bridgehead atoms. The number of fused-ring (bicyclic) bond motifs is 1. The largest absolute Gasteiger partial charge is 0.325 e. The van der Waals surface area contributed by atoms with Crippen molar-refractivity contribution in [2.45, 2.75) is 19.0 Å². The van der Waals surface area contributed by atoms with E-state index in [0.29, 0.717) is 22.2 Å². The number of carbonyl (C=O) groups excluding carboxylic acids is 1. The molecule has 24 heavy (non-hydrogen) atoms. The van der Waals surface area contributed by atoms with E-state index in [1.54, 1.807) is 28.8 Å². The Balaban J connectivity index is 1.63. The van der Waals surface area contributed by atoms with Gasteiger partial charge in [0.25, 0.3) is 5.78 Å². The van der Waals surface area contributed by atoms with Crippen molar-refractivity contribution in [3.63, 3.8) is 0 Å². The molecule has 0 saturated carbocycles. The highest BCUT2D eigenvalue weighted by Gasteiger charge is 2.10. The molecule has 0 aliphatic rings. The Labute approximate surface area is 142 Å². The maximum Gasteiger partial charge on any atom is 0.253 e. The predicted octanol–water partition coefficient (Wildman–Crippen LogP) is 2.34. The standard InChI is InChI=1S/C16H14N6OS/c1-10-7-11(2)22-15(18-10)20-16(21-22)24-9-14(23)19-13-5-3-12(8-17)4-6-13/h3-7H,9H2,1-2H3,(H,19,23). The van der Waals surface area contributed by atoms with Crippen LogP contribution in [0.5, 0.6) is 0 Å². The minimum atomic E-state index is -0.163. The number of aromatic nitrogens is 4. The molecule has 0 atom stereocenters. The number of carbonyl (C=O) groups is 1. The van der Waals surface area contributed by atoms with Crippen molar-refractivity contribution in [2.75, 3.05) is 11.1 Å². The number of nitriles is 1. The second-order valence-electron chi connectivity index (χ2n) is 5.17. The average Bonchev–Trinajstić information content (AvgIpc) is 2.97. The Morgan fingerprint density at radius 1 is 1.29 bits per heavy atom. The lowest BCUT2D eigenvalue weighted by atomic mass is 10.2. The smallest absolute Gasteiger partial charge is 0.253 e. The highest BCUT2D eigenvalue weighted by molar-refractivity contribution is 7.99. The normalized spacial score (nSPS) is 10.5. The van der Waals surface area contributed by atoms with E-state index in [1.165, 1.54) is 11.8 Å². The number of nitrogens with one attached hydrogen (secondary N) is 1. The lowest BCUT2D eigenvalue weighted by Gasteiger charge is -2.03. The third-order valence-electron chi connectivity index (χ3n) is 3.23. The molecule has 8 heteroatoms. The second-order valence-corrected chi connectivity index (χ2v) is 6.11. The number of thioether (sulfide) groups is 1. The van der Waals surface area contributed by atoms with Gasteiger partial charge in [-0.1, -0.05) is 11.8 Å². The van der Waals surface area contributed by atoms with Gasteiger partial charge in [-0.3, -0.25) is 4.79 Å². The van der Waals surface area contributed by atoms with Crippen LogP contribution in [-0.4, -0.2) is 31.2 Å². The van der Waals surface area contributed by atoms with Crippen LogP contribution in [0.3, 0.4) is 0 Å². The second kappa shape index (κ2) is 6.68. The fraction of sp³-hybridized carbons (Fsp3) is 0.188. The Kier molecular flexibility index (Phi) is 4.44. The third kappa shape index (κ3) is 3.52. The van der Waals surface area contributed by atoms with Gasteiger partial charge in [-0.2, -0.15) is 10.2 Å². The first kappa shape index (κ1) is 16.0. The van der Waals surface area contributed by atoms with Gasteiger partial charge in [0, 0.05) is 17.1 Å². The molecule has 0 aliphatic carbocycles. The van der Waals surface area contributed by atoms with E-state index in [1.807, 2.05) is 26.0 Å². The average molecular weight is 338 g/mol. The summed E-state index contributed by atoms with van der Waals surface area (Å²) in [4.78, 5) is 20.6. The summed E-state index contributed by atoms with van der Waals surface area (Å²) in [6.45, 7) is 3.84. The third-order valence-corrected chi connectivity index (χ3v) is 4.07. The summed E-state index contributed by atoms with van der Waals surface area (Å²) in [7, 11) is 0. The first-order valence-corrected chi connectivity index (χ1v) is 8.17. The fourth-order valence-corrected chi connectivity index (χ4v) is 2.78. The van der Waals surface area contributed by atoms with Crippen molar-refractivity contribution in [1.82, 2.24) is 19.6 Å². The summed E-state index contributed by atoms with van der Waals surface area (Å²) in [6, 6.07) is 10.7. The predicted molar refractivity (Wildman–Crippen MR) is 90.8 cm³/mol.